The van der Waals surface area contributed by atoms with E-state index in [4.69, 9.17) is 0 Å². The molecule has 1 heterocycles. The molecule has 0 atom stereocenters. The van der Waals surface area contributed by atoms with Crippen molar-refractivity contribution in [2.45, 2.75) is 39.0 Å². The van der Waals surface area contributed by atoms with E-state index in [1.165, 1.54) is 53.7 Å². The molecule has 94 valence electrons. The quantitative estimate of drug-likeness (QED) is 0.666. The Morgan fingerprint density at radius 3 is 2.50 bits per heavy atom. The Morgan fingerprint density at radius 2 is 1.89 bits per heavy atom. The van der Waals surface area contributed by atoms with Crippen LogP contribution in [0.3, 0.4) is 0 Å². The topological polar surface area (TPSA) is 0 Å². The third-order valence-corrected chi connectivity index (χ3v) is 4.92. The molecule has 3 rings (SSSR count). The van der Waals surface area contributed by atoms with E-state index in [0.717, 1.165) is 5.92 Å². The Morgan fingerprint density at radius 1 is 1.11 bits per heavy atom. The van der Waals surface area contributed by atoms with Crippen LogP contribution in [0, 0.1) is 12.8 Å². The van der Waals surface area contributed by atoms with Crippen LogP contribution in [0.5, 0.6) is 0 Å². The zero-order chi connectivity index (χ0) is 12.4. The first-order chi connectivity index (χ1) is 8.83. The summed E-state index contributed by atoms with van der Waals surface area (Å²) in [7, 11) is 0. The molecule has 1 saturated carbocycles. The number of thiophene rings is 1. The molecule has 1 aromatic heterocycles. The summed E-state index contributed by atoms with van der Waals surface area (Å²) in [4.78, 5) is 1.42. The standard InChI is InChI=1S/C17H20S/c1-13-11-12-18-17(13)16-9-7-15(8-10-16)4-2-3-14-5-6-14/h7-12,14H,2-6H2,1H3. The number of benzene rings is 1. The molecule has 0 aliphatic heterocycles. The van der Waals surface area contributed by atoms with Crippen molar-refractivity contribution < 1.29 is 0 Å². The predicted octanol–water partition coefficient (Wildman–Crippen LogP) is 5.46. The lowest BCUT2D eigenvalue weighted by atomic mass is 10.0. The fraction of sp³-hybridized carbons (Fsp3) is 0.412. The number of hydrogen-bond acceptors (Lipinski definition) is 1. The van der Waals surface area contributed by atoms with Gasteiger partial charge >= 0.3 is 0 Å². The van der Waals surface area contributed by atoms with Crippen LogP contribution in [-0.2, 0) is 6.42 Å². The molecule has 0 N–H and O–H groups in total. The molecule has 0 spiro atoms. The van der Waals surface area contributed by atoms with Crippen molar-refractivity contribution in [3.63, 3.8) is 0 Å². The SMILES string of the molecule is Cc1ccsc1-c1ccc(CCCC2CC2)cc1. The fourth-order valence-corrected chi connectivity index (χ4v) is 3.43. The van der Waals surface area contributed by atoms with E-state index < -0.39 is 0 Å². The summed E-state index contributed by atoms with van der Waals surface area (Å²) in [5.41, 5.74) is 4.25. The van der Waals surface area contributed by atoms with Crippen molar-refractivity contribution in [2.24, 2.45) is 5.92 Å². The molecule has 1 aliphatic rings. The van der Waals surface area contributed by atoms with E-state index in [1.807, 2.05) is 11.3 Å². The number of aryl methyl sites for hydroxylation is 2. The van der Waals surface area contributed by atoms with Gasteiger partial charge in [-0.3, -0.25) is 0 Å². The van der Waals surface area contributed by atoms with Gasteiger partial charge in [0.1, 0.15) is 0 Å². The first kappa shape index (κ1) is 12.0. The van der Waals surface area contributed by atoms with Crippen LogP contribution < -0.4 is 0 Å². The molecule has 0 saturated heterocycles. The zero-order valence-corrected chi connectivity index (χ0v) is 11.8. The highest BCUT2D eigenvalue weighted by Crippen LogP contribution is 2.34. The first-order valence-electron chi connectivity index (χ1n) is 6.96. The number of hydrogen-bond donors (Lipinski definition) is 0. The molecule has 1 aliphatic carbocycles. The van der Waals surface area contributed by atoms with Crippen molar-refractivity contribution in [1.82, 2.24) is 0 Å². The van der Waals surface area contributed by atoms with Gasteiger partial charge in [0.15, 0.2) is 0 Å². The maximum absolute atomic E-state index is 2.31. The summed E-state index contributed by atoms with van der Waals surface area (Å²) >= 11 is 1.84. The average Bonchev–Trinajstić information content (AvgIpc) is 3.11. The molecule has 2 aromatic rings. The molecule has 18 heavy (non-hydrogen) atoms. The fourth-order valence-electron chi connectivity index (χ4n) is 2.49. The molecule has 1 fully saturated rings. The van der Waals surface area contributed by atoms with Crippen molar-refractivity contribution in [3.8, 4) is 10.4 Å². The average molecular weight is 256 g/mol. The van der Waals surface area contributed by atoms with Gasteiger partial charge in [-0.05, 0) is 53.8 Å². The minimum absolute atomic E-state index is 1.07. The van der Waals surface area contributed by atoms with E-state index in [-0.39, 0.29) is 0 Å². The van der Waals surface area contributed by atoms with Crippen LogP contribution in [0.1, 0.15) is 36.8 Å². The summed E-state index contributed by atoms with van der Waals surface area (Å²) in [6.07, 6.45) is 7.02. The predicted molar refractivity (Wildman–Crippen MR) is 80.2 cm³/mol. The van der Waals surface area contributed by atoms with Crippen molar-refractivity contribution >= 4 is 11.3 Å². The molecule has 0 radical (unpaired) electrons. The lowest BCUT2D eigenvalue weighted by molar-refractivity contribution is 0.666. The minimum atomic E-state index is 1.07. The minimum Gasteiger partial charge on any atom is -0.144 e. The Kier molecular flexibility index (Phi) is 3.51. The largest absolute Gasteiger partial charge is 0.144 e. The smallest absolute Gasteiger partial charge is 0.0371 e. The maximum atomic E-state index is 2.31. The second-order valence-corrected chi connectivity index (χ2v) is 6.38. The highest BCUT2D eigenvalue weighted by molar-refractivity contribution is 7.13. The van der Waals surface area contributed by atoms with Crippen LogP contribution in [-0.4, -0.2) is 0 Å². The summed E-state index contributed by atoms with van der Waals surface area (Å²) < 4.78 is 0. The second kappa shape index (κ2) is 5.27. The summed E-state index contributed by atoms with van der Waals surface area (Å²) in [6.45, 7) is 2.19. The van der Waals surface area contributed by atoms with Gasteiger partial charge < -0.3 is 0 Å². The van der Waals surface area contributed by atoms with E-state index in [9.17, 15) is 0 Å². The van der Waals surface area contributed by atoms with Crippen molar-refractivity contribution in [2.75, 3.05) is 0 Å². The van der Waals surface area contributed by atoms with Gasteiger partial charge in [-0.25, -0.2) is 0 Å². The van der Waals surface area contributed by atoms with E-state index in [1.54, 1.807) is 0 Å². The lowest BCUT2D eigenvalue weighted by Crippen LogP contribution is -1.87. The Balaban J connectivity index is 1.63. The molecule has 1 aromatic carbocycles. The molecule has 0 nitrogen and oxygen atoms in total. The Bertz CT molecular complexity index is 503. The summed E-state index contributed by atoms with van der Waals surface area (Å²) in [5.74, 6) is 1.07. The maximum Gasteiger partial charge on any atom is 0.0371 e. The second-order valence-electron chi connectivity index (χ2n) is 5.47. The highest BCUT2D eigenvalue weighted by Gasteiger charge is 2.19. The Labute approximate surface area is 114 Å². The van der Waals surface area contributed by atoms with E-state index in [0.29, 0.717) is 0 Å². The lowest BCUT2D eigenvalue weighted by Gasteiger charge is -2.04. The van der Waals surface area contributed by atoms with E-state index in [2.05, 4.69) is 42.6 Å². The molecule has 1 heteroatoms. The van der Waals surface area contributed by atoms with Gasteiger partial charge in [-0.1, -0.05) is 43.5 Å². The summed E-state index contributed by atoms with van der Waals surface area (Å²) in [6, 6.07) is 11.4. The van der Waals surface area contributed by atoms with Gasteiger partial charge in [0.25, 0.3) is 0 Å². The van der Waals surface area contributed by atoms with Crippen LogP contribution in [0.25, 0.3) is 10.4 Å². The van der Waals surface area contributed by atoms with Gasteiger partial charge in [0, 0.05) is 4.88 Å². The third kappa shape index (κ3) is 2.84. The van der Waals surface area contributed by atoms with Crippen molar-refractivity contribution in [3.05, 3.63) is 46.8 Å². The van der Waals surface area contributed by atoms with Crippen LogP contribution in [0.4, 0.5) is 0 Å². The normalized spacial score (nSPS) is 14.9. The first-order valence-corrected chi connectivity index (χ1v) is 7.84. The molecular formula is C17H20S. The van der Waals surface area contributed by atoms with Gasteiger partial charge in [0.2, 0.25) is 0 Å². The monoisotopic (exact) mass is 256 g/mol. The van der Waals surface area contributed by atoms with Crippen LogP contribution >= 0.6 is 11.3 Å². The van der Waals surface area contributed by atoms with Gasteiger partial charge in [-0.15, -0.1) is 11.3 Å². The van der Waals surface area contributed by atoms with Crippen LogP contribution in [0.15, 0.2) is 35.7 Å². The number of rotatable bonds is 5. The van der Waals surface area contributed by atoms with Gasteiger partial charge in [0.05, 0.1) is 0 Å². The third-order valence-electron chi connectivity index (χ3n) is 3.85. The molecule has 0 amide bonds. The molecule has 0 unspecified atom stereocenters. The van der Waals surface area contributed by atoms with Crippen molar-refractivity contribution in [1.29, 1.82) is 0 Å². The molecular weight excluding hydrogens is 236 g/mol. The zero-order valence-electron chi connectivity index (χ0n) is 11.0. The summed E-state index contributed by atoms with van der Waals surface area (Å²) in [5, 5.41) is 2.17. The highest BCUT2D eigenvalue weighted by atomic mass is 32.1. The van der Waals surface area contributed by atoms with E-state index >= 15 is 0 Å². The van der Waals surface area contributed by atoms with Gasteiger partial charge in [-0.2, -0.15) is 0 Å². The Hall–Kier alpha value is -1.08. The molecule has 0 bridgehead atoms. The van der Waals surface area contributed by atoms with Crippen LogP contribution in [0.2, 0.25) is 0 Å².